The molecule has 15 heavy (non-hydrogen) atoms. The zero-order chi connectivity index (χ0) is 11.5. The number of hydrogen-bond donors (Lipinski definition) is 0. The van der Waals surface area contributed by atoms with Crippen molar-refractivity contribution < 1.29 is 9.18 Å². The van der Waals surface area contributed by atoms with Gasteiger partial charge in [0.25, 0.3) is 0 Å². The number of nitrogens with zero attached hydrogens (tertiary/aromatic N) is 1. The Hall–Kier alpha value is -0.990. The van der Waals surface area contributed by atoms with Gasteiger partial charge in [-0.2, -0.15) is 4.99 Å². The van der Waals surface area contributed by atoms with Crippen LogP contribution < -0.4 is 0 Å². The molecule has 2 nitrogen and oxygen atoms in total. The average molecular weight is 272 g/mol. The lowest BCUT2D eigenvalue weighted by molar-refractivity contribution is 0.175. The fraction of sp³-hybridized carbons (Fsp3) is 0.364. The molecule has 0 spiro atoms. The Kier molecular flexibility index (Phi) is 3.77. The summed E-state index contributed by atoms with van der Waals surface area (Å²) >= 11 is 3.29. The van der Waals surface area contributed by atoms with Gasteiger partial charge in [0.2, 0.25) is 6.08 Å². The van der Waals surface area contributed by atoms with Crippen LogP contribution in [0.2, 0.25) is 0 Å². The molecule has 0 bridgehead atoms. The van der Waals surface area contributed by atoms with Crippen molar-refractivity contribution in [3.8, 4) is 0 Å². The summed E-state index contributed by atoms with van der Waals surface area (Å²) in [6.07, 6.45) is 1.41. The van der Waals surface area contributed by atoms with Crippen molar-refractivity contribution in [2.75, 3.05) is 0 Å². The van der Waals surface area contributed by atoms with Gasteiger partial charge >= 0.3 is 0 Å². The highest BCUT2D eigenvalue weighted by Gasteiger charge is 2.30. The lowest BCUT2D eigenvalue weighted by Crippen LogP contribution is -2.22. The summed E-state index contributed by atoms with van der Waals surface area (Å²) in [5, 5.41) is 0. The zero-order valence-electron chi connectivity index (χ0n) is 8.50. The van der Waals surface area contributed by atoms with Gasteiger partial charge in [-0.3, -0.25) is 0 Å². The quantitative estimate of drug-likeness (QED) is 0.611. The molecule has 0 fully saturated rings. The normalized spacial score (nSPS) is 13.1. The molecule has 1 aromatic carbocycles. The molecule has 0 aliphatic carbocycles. The standard InChI is InChI=1S/C11H11BrFNO/c1-11(2,13)10(14-7-15)8-4-3-5-9(12)6-8/h3-6,10H,1-2H3. The van der Waals surface area contributed by atoms with Crippen molar-refractivity contribution in [3.63, 3.8) is 0 Å². The van der Waals surface area contributed by atoms with E-state index < -0.39 is 11.7 Å². The maximum Gasteiger partial charge on any atom is 0.235 e. The van der Waals surface area contributed by atoms with E-state index in [-0.39, 0.29) is 0 Å². The summed E-state index contributed by atoms with van der Waals surface area (Å²) in [4.78, 5) is 13.8. The van der Waals surface area contributed by atoms with Crippen LogP contribution in [0.5, 0.6) is 0 Å². The van der Waals surface area contributed by atoms with Gasteiger partial charge in [0.1, 0.15) is 11.7 Å². The van der Waals surface area contributed by atoms with Crippen molar-refractivity contribution in [2.24, 2.45) is 4.99 Å². The van der Waals surface area contributed by atoms with Crippen LogP contribution in [0.15, 0.2) is 33.7 Å². The third-order valence-electron chi connectivity index (χ3n) is 2.00. The van der Waals surface area contributed by atoms with E-state index >= 15 is 0 Å². The second-order valence-corrected chi connectivity index (χ2v) is 4.66. The van der Waals surface area contributed by atoms with Gasteiger partial charge in [0.15, 0.2) is 0 Å². The summed E-state index contributed by atoms with van der Waals surface area (Å²) in [7, 11) is 0. The van der Waals surface area contributed by atoms with E-state index in [1.807, 2.05) is 6.07 Å². The van der Waals surface area contributed by atoms with Crippen LogP contribution in [0.3, 0.4) is 0 Å². The zero-order valence-corrected chi connectivity index (χ0v) is 10.1. The Balaban J connectivity index is 3.16. The number of rotatable bonds is 3. The second-order valence-electron chi connectivity index (χ2n) is 3.74. The SMILES string of the molecule is CC(C)(F)C(N=C=O)c1cccc(Br)c1. The van der Waals surface area contributed by atoms with Crippen LogP contribution >= 0.6 is 15.9 Å². The predicted octanol–water partition coefficient (Wildman–Crippen LogP) is 3.57. The number of alkyl halides is 1. The average Bonchev–Trinajstić information content (AvgIpc) is 2.12. The molecule has 0 heterocycles. The summed E-state index contributed by atoms with van der Waals surface area (Å²) in [5.74, 6) is 0. The molecule has 1 rings (SSSR count). The van der Waals surface area contributed by atoms with Gasteiger partial charge in [-0.25, -0.2) is 9.18 Å². The number of halogens is 2. The van der Waals surface area contributed by atoms with Gasteiger partial charge in [-0.15, -0.1) is 0 Å². The molecule has 0 amide bonds. The highest BCUT2D eigenvalue weighted by atomic mass is 79.9. The molecule has 0 N–H and O–H groups in total. The summed E-state index contributed by atoms with van der Waals surface area (Å²) in [6.45, 7) is 2.78. The topological polar surface area (TPSA) is 29.4 Å². The molecule has 1 atom stereocenters. The molecule has 0 aromatic heterocycles. The minimum atomic E-state index is -1.59. The third-order valence-corrected chi connectivity index (χ3v) is 2.49. The number of isocyanates is 1. The van der Waals surface area contributed by atoms with Crippen LogP contribution in [-0.2, 0) is 4.79 Å². The molecule has 1 unspecified atom stereocenters. The Morgan fingerprint density at radius 3 is 2.67 bits per heavy atom. The Morgan fingerprint density at radius 2 is 2.20 bits per heavy atom. The maximum atomic E-state index is 13.8. The van der Waals surface area contributed by atoms with Gasteiger partial charge in [-0.1, -0.05) is 28.1 Å². The Bertz CT molecular complexity index is 394. The lowest BCUT2D eigenvalue weighted by atomic mass is 9.94. The smallest absolute Gasteiger partial charge is 0.235 e. The number of hydrogen-bond acceptors (Lipinski definition) is 2. The first-order chi connectivity index (χ1) is 6.95. The van der Waals surface area contributed by atoms with Crippen LogP contribution in [-0.4, -0.2) is 11.7 Å². The lowest BCUT2D eigenvalue weighted by Gasteiger charge is -2.22. The van der Waals surface area contributed by atoms with E-state index in [1.165, 1.54) is 19.9 Å². The van der Waals surface area contributed by atoms with E-state index in [2.05, 4.69) is 20.9 Å². The monoisotopic (exact) mass is 271 g/mol. The number of aliphatic imine (C=N–C) groups is 1. The first-order valence-electron chi connectivity index (χ1n) is 4.46. The van der Waals surface area contributed by atoms with Crippen molar-refractivity contribution in [1.29, 1.82) is 0 Å². The molecular formula is C11H11BrFNO. The molecule has 0 aliphatic heterocycles. The van der Waals surface area contributed by atoms with Gasteiger partial charge in [0, 0.05) is 4.47 Å². The van der Waals surface area contributed by atoms with E-state index in [9.17, 15) is 9.18 Å². The molecule has 1 aromatic rings. The van der Waals surface area contributed by atoms with Crippen LogP contribution in [0.4, 0.5) is 4.39 Å². The highest BCUT2D eigenvalue weighted by molar-refractivity contribution is 9.10. The van der Waals surface area contributed by atoms with E-state index in [0.29, 0.717) is 5.56 Å². The minimum absolute atomic E-state index is 0.653. The number of carbonyl (C=O) groups excluding carboxylic acids is 1. The molecule has 0 saturated heterocycles. The molecule has 0 saturated carbocycles. The molecular weight excluding hydrogens is 261 g/mol. The van der Waals surface area contributed by atoms with Crippen LogP contribution in [0.1, 0.15) is 25.5 Å². The first-order valence-corrected chi connectivity index (χ1v) is 5.26. The summed E-state index contributed by atoms with van der Waals surface area (Å²) in [6, 6.07) is 6.27. The fourth-order valence-electron chi connectivity index (χ4n) is 1.35. The van der Waals surface area contributed by atoms with Gasteiger partial charge in [-0.05, 0) is 31.5 Å². The predicted molar refractivity (Wildman–Crippen MR) is 60.2 cm³/mol. The Morgan fingerprint density at radius 1 is 1.53 bits per heavy atom. The molecule has 0 aliphatic rings. The Labute approximate surface area is 96.3 Å². The van der Waals surface area contributed by atoms with Crippen molar-refractivity contribution in [3.05, 3.63) is 34.3 Å². The minimum Gasteiger partial charge on any atom is -0.242 e. The molecule has 80 valence electrons. The van der Waals surface area contributed by atoms with E-state index in [1.54, 1.807) is 18.2 Å². The summed E-state index contributed by atoms with van der Waals surface area (Å²) < 4.78 is 14.6. The largest absolute Gasteiger partial charge is 0.242 e. The fourth-order valence-corrected chi connectivity index (χ4v) is 1.77. The van der Waals surface area contributed by atoms with E-state index in [0.717, 1.165) is 4.47 Å². The molecule has 4 heteroatoms. The summed E-state index contributed by atoms with van der Waals surface area (Å²) in [5.41, 5.74) is -0.932. The van der Waals surface area contributed by atoms with Crippen molar-refractivity contribution >= 4 is 22.0 Å². The van der Waals surface area contributed by atoms with Crippen LogP contribution in [0.25, 0.3) is 0 Å². The van der Waals surface area contributed by atoms with Gasteiger partial charge < -0.3 is 0 Å². The highest BCUT2D eigenvalue weighted by Crippen LogP contribution is 2.33. The third kappa shape index (κ3) is 3.26. The first kappa shape index (κ1) is 12.1. The van der Waals surface area contributed by atoms with Crippen LogP contribution in [0, 0.1) is 0 Å². The van der Waals surface area contributed by atoms with Gasteiger partial charge in [0.05, 0.1) is 0 Å². The maximum absolute atomic E-state index is 13.8. The van der Waals surface area contributed by atoms with Crippen molar-refractivity contribution in [1.82, 2.24) is 0 Å². The molecule has 0 radical (unpaired) electrons. The van der Waals surface area contributed by atoms with E-state index in [4.69, 9.17) is 0 Å². The number of benzene rings is 1. The van der Waals surface area contributed by atoms with Crippen molar-refractivity contribution in [2.45, 2.75) is 25.6 Å². The second kappa shape index (κ2) is 4.69.